The van der Waals surface area contributed by atoms with Gasteiger partial charge >= 0.3 is 0 Å². The third kappa shape index (κ3) is 2.74. The van der Waals surface area contributed by atoms with Crippen molar-refractivity contribution in [2.24, 2.45) is 5.41 Å². The summed E-state index contributed by atoms with van der Waals surface area (Å²) in [4.78, 5) is 2.19. The molecule has 1 aliphatic rings. The van der Waals surface area contributed by atoms with E-state index in [0.29, 0.717) is 0 Å². The Balaban J connectivity index is 2.27. The van der Waals surface area contributed by atoms with E-state index in [1.165, 1.54) is 0 Å². The van der Waals surface area contributed by atoms with Crippen molar-refractivity contribution in [1.82, 2.24) is 4.90 Å². The number of allylic oxidation sites excluding steroid dienone is 2. The van der Waals surface area contributed by atoms with E-state index in [4.69, 9.17) is 0 Å². The van der Waals surface area contributed by atoms with Crippen LogP contribution in [0.3, 0.4) is 0 Å². The molecule has 98 valence electrons. The first-order valence-electron chi connectivity index (χ1n) is 6.62. The fourth-order valence-corrected chi connectivity index (χ4v) is 2.30. The molecule has 1 aromatic carbocycles. The lowest BCUT2D eigenvalue weighted by atomic mass is 9.87. The van der Waals surface area contributed by atoms with E-state index in [-0.39, 0.29) is 5.41 Å². The lowest BCUT2D eigenvalue weighted by Gasteiger charge is -2.20. The number of likely N-dealkylation sites (tertiary alicyclic amines) is 1. The van der Waals surface area contributed by atoms with Gasteiger partial charge in [0.25, 0.3) is 0 Å². The van der Waals surface area contributed by atoms with Crippen LogP contribution in [-0.4, -0.2) is 18.5 Å². The van der Waals surface area contributed by atoms with Crippen molar-refractivity contribution in [3.8, 4) is 11.8 Å². The van der Waals surface area contributed by atoms with Crippen LogP contribution >= 0.6 is 0 Å². The van der Waals surface area contributed by atoms with Crippen molar-refractivity contribution < 1.29 is 0 Å². The zero-order valence-electron chi connectivity index (χ0n) is 12.1. The lowest BCUT2D eigenvalue weighted by molar-refractivity contribution is 0.470. The summed E-state index contributed by atoms with van der Waals surface area (Å²) in [6.45, 7) is 13.4. The molecule has 0 spiro atoms. The molecule has 1 heteroatoms. The predicted octanol–water partition coefficient (Wildman–Crippen LogP) is 3.93. The van der Waals surface area contributed by atoms with Crippen LogP contribution in [0.2, 0.25) is 0 Å². The van der Waals surface area contributed by atoms with Gasteiger partial charge in [-0.25, -0.2) is 0 Å². The summed E-state index contributed by atoms with van der Waals surface area (Å²) in [6, 6.07) is 8.24. The molecule has 0 amide bonds. The molecule has 1 atom stereocenters. The van der Waals surface area contributed by atoms with Crippen LogP contribution in [0, 0.1) is 17.3 Å². The van der Waals surface area contributed by atoms with Crippen molar-refractivity contribution in [3.05, 3.63) is 54.2 Å². The molecule has 1 saturated heterocycles. The van der Waals surface area contributed by atoms with Gasteiger partial charge in [0.2, 0.25) is 0 Å². The van der Waals surface area contributed by atoms with Gasteiger partial charge in [0, 0.05) is 24.9 Å². The minimum absolute atomic E-state index is 0.0893. The Morgan fingerprint density at radius 2 is 2.16 bits per heavy atom. The standard InChI is InChI=1S/C18H21N/c1-14(2)17-8-6-7-16(13-17)9-10-18(4)11-12-19(5)15(18)3/h6-8,13H,1,3,11-12H2,2,4-5H3. The average molecular weight is 251 g/mol. The van der Waals surface area contributed by atoms with Crippen molar-refractivity contribution in [1.29, 1.82) is 0 Å². The summed E-state index contributed by atoms with van der Waals surface area (Å²) in [7, 11) is 2.08. The second kappa shape index (κ2) is 4.97. The highest BCUT2D eigenvalue weighted by Crippen LogP contribution is 2.37. The zero-order valence-corrected chi connectivity index (χ0v) is 12.1. The van der Waals surface area contributed by atoms with E-state index in [1.807, 2.05) is 19.1 Å². The first kappa shape index (κ1) is 13.5. The highest BCUT2D eigenvalue weighted by molar-refractivity contribution is 5.63. The number of benzene rings is 1. The Morgan fingerprint density at radius 1 is 1.42 bits per heavy atom. The van der Waals surface area contributed by atoms with Crippen LogP contribution in [-0.2, 0) is 0 Å². The fourth-order valence-electron chi connectivity index (χ4n) is 2.30. The van der Waals surface area contributed by atoms with Gasteiger partial charge < -0.3 is 4.90 Å². The van der Waals surface area contributed by atoms with Gasteiger partial charge in [0.05, 0.1) is 5.41 Å². The molecule has 1 unspecified atom stereocenters. The summed E-state index contributed by atoms with van der Waals surface area (Å²) in [5, 5.41) is 0. The normalized spacial score (nSPS) is 22.1. The van der Waals surface area contributed by atoms with E-state index in [0.717, 1.165) is 35.4 Å². The van der Waals surface area contributed by atoms with Crippen molar-refractivity contribution in [2.45, 2.75) is 20.3 Å². The molecule has 0 bridgehead atoms. The Kier molecular flexibility index (Phi) is 3.53. The van der Waals surface area contributed by atoms with Crippen LogP contribution in [0.4, 0.5) is 0 Å². The van der Waals surface area contributed by atoms with Crippen molar-refractivity contribution in [2.75, 3.05) is 13.6 Å². The van der Waals surface area contributed by atoms with Crippen molar-refractivity contribution >= 4 is 5.57 Å². The van der Waals surface area contributed by atoms with Gasteiger partial charge in [0.1, 0.15) is 0 Å². The predicted molar refractivity (Wildman–Crippen MR) is 82.5 cm³/mol. The molecule has 1 aromatic rings. The molecule has 0 aromatic heterocycles. The number of rotatable bonds is 1. The van der Waals surface area contributed by atoms with E-state index < -0.39 is 0 Å². The summed E-state index contributed by atoms with van der Waals surface area (Å²) < 4.78 is 0. The SMILES string of the molecule is C=C(C)c1cccc(C#CC2(C)CCN(C)C2=C)c1. The summed E-state index contributed by atoms with van der Waals surface area (Å²) in [5.74, 6) is 6.69. The quantitative estimate of drug-likeness (QED) is 0.684. The molecule has 0 aliphatic carbocycles. The molecular weight excluding hydrogens is 230 g/mol. The monoisotopic (exact) mass is 251 g/mol. The molecule has 1 nitrogen and oxygen atoms in total. The second-order valence-electron chi connectivity index (χ2n) is 5.56. The largest absolute Gasteiger partial charge is 0.377 e. The zero-order chi connectivity index (χ0) is 14.0. The third-order valence-corrected chi connectivity index (χ3v) is 3.88. The van der Waals surface area contributed by atoms with Crippen LogP contribution < -0.4 is 0 Å². The molecule has 1 aliphatic heterocycles. The first-order chi connectivity index (χ1) is 8.92. The molecule has 0 saturated carbocycles. The molecule has 19 heavy (non-hydrogen) atoms. The topological polar surface area (TPSA) is 3.24 Å². The summed E-state index contributed by atoms with van der Waals surface area (Å²) in [6.07, 6.45) is 1.05. The average Bonchev–Trinajstić information content (AvgIpc) is 2.65. The van der Waals surface area contributed by atoms with Gasteiger partial charge in [-0.3, -0.25) is 0 Å². The van der Waals surface area contributed by atoms with Crippen LogP contribution in [0.1, 0.15) is 31.4 Å². The Morgan fingerprint density at radius 3 is 2.74 bits per heavy atom. The highest BCUT2D eigenvalue weighted by atomic mass is 15.1. The highest BCUT2D eigenvalue weighted by Gasteiger charge is 2.34. The minimum atomic E-state index is -0.0893. The van der Waals surface area contributed by atoms with Gasteiger partial charge in [0.15, 0.2) is 0 Å². The number of nitrogens with zero attached hydrogens (tertiary/aromatic N) is 1. The van der Waals surface area contributed by atoms with E-state index in [1.54, 1.807) is 0 Å². The van der Waals surface area contributed by atoms with E-state index in [9.17, 15) is 0 Å². The minimum Gasteiger partial charge on any atom is -0.377 e. The first-order valence-corrected chi connectivity index (χ1v) is 6.62. The summed E-state index contributed by atoms with van der Waals surface area (Å²) in [5.41, 5.74) is 4.30. The van der Waals surface area contributed by atoms with Crippen LogP contribution in [0.25, 0.3) is 5.57 Å². The molecule has 1 fully saturated rings. The Bertz CT molecular complexity index is 585. The molecular formula is C18H21N. The number of hydrogen-bond acceptors (Lipinski definition) is 1. The Hall–Kier alpha value is -1.94. The molecule has 0 radical (unpaired) electrons. The lowest BCUT2D eigenvalue weighted by Crippen LogP contribution is -2.16. The molecule has 1 heterocycles. The maximum atomic E-state index is 4.16. The molecule has 0 N–H and O–H groups in total. The van der Waals surface area contributed by atoms with Gasteiger partial charge in [-0.2, -0.15) is 0 Å². The van der Waals surface area contributed by atoms with E-state index in [2.05, 4.69) is 56.0 Å². The van der Waals surface area contributed by atoms with Gasteiger partial charge in [-0.15, -0.1) is 0 Å². The van der Waals surface area contributed by atoms with Crippen LogP contribution in [0.15, 0.2) is 43.1 Å². The van der Waals surface area contributed by atoms with Gasteiger partial charge in [-0.05, 0) is 38.0 Å². The second-order valence-corrected chi connectivity index (χ2v) is 5.56. The third-order valence-electron chi connectivity index (χ3n) is 3.88. The number of hydrogen-bond donors (Lipinski definition) is 0. The van der Waals surface area contributed by atoms with E-state index >= 15 is 0 Å². The van der Waals surface area contributed by atoms with Crippen LogP contribution in [0.5, 0.6) is 0 Å². The summed E-state index contributed by atoms with van der Waals surface area (Å²) >= 11 is 0. The fraction of sp³-hybridized carbons (Fsp3) is 0.333. The molecule has 2 rings (SSSR count). The maximum Gasteiger partial charge on any atom is 0.0697 e. The Labute approximate surface area is 116 Å². The maximum absolute atomic E-state index is 4.16. The van der Waals surface area contributed by atoms with Crippen molar-refractivity contribution in [3.63, 3.8) is 0 Å². The van der Waals surface area contributed by atoms with Gasteiger partial charge in [-0.1, -0.05) is 42.7 Å². The smallest absolute Gasteiger partial charge is 0.0697 e.